The molecule has 2 rings (SSSR count). The lowest BCUT2D eigenvalue weighted by Gasteiger charge is -2.37. The first-order valence-corrected chi connectivity index (χ1v) is 8.11. The molecule has 7 nitrogen and oxygen atoms in total. The highest BCUT2D eigenvalue weighted by molar-refractivity contribution is 5.90. The molecule has 0 aliphatic carbocycles. The minimum absolute atomic E-state index is 0.242. The fourth-order valence-electron chi connectivity index (χ4n) is 2.90. The van der Waals surface area contributed by atoms with Gasteiger partial charge in [0.1, 0.15) is 5.75 Å². The number of carboxylic acid groups (broad SMARTS) is 1. The molecule has 0 bridgehead atoms. The van der Waals surface area contributed by atoms with Crippen LogP contribution in [0.15, 0.2) is 30.9 Å². The summed E-state index contributed by atoms with van der Waals surface area (Å²) in [5.74, 6) is -0.0889. The average Bonchev–Trinajstić information content (AvgIpc) is 2.60. The van der Waals surface area contributed by atoms with Crippen LogP contribution in [0.5, 0.6) is 5.75 Å². The van der Waals surface area contributed by atoms with Gasteiger partial charge in [-0.1, -0.05) is 12.1 Å². The van der Waals surface area contributed by atoms with E-state index in [0.29, 0.717) is 36.3 Å². The second-order valence-electron chi connectivity index (χ2n) is 5.84. The summed E-state index contributed by atoms with van der Waals surface area (Å²) < 4.78 is 10.5. The van der Waals surface area contributed by atoms with E-state index in [0.717, 1.165) is 0 Å². The zero-order valence-electron chi connectivity index (χ0n) is 14.2. The fraction of sp³-hybridized carbons (Fsp3) is 0.444. The molecule has 1 aliphatic rings. The Kier molecular flexibility index (Phi) is 6.41. The second-order valence-corrected chi connectivity index (χ2v) is 5.84. The molecule has 1 aromatic rings. The van der Waals surface area contributed by atoms with Crippen molar-refractivity contribution in [3.05, 3.63) is 42.0 Å². The van der Waals surface area contributed by atoms with E-state index in [2.05, 4.69) is 6.58 Å². The predicted molar refractivity (Wildman–Crippen MR) is 90.8 cm³/mol. The summed E-state index contributed by atoms with van der Waals surface area (Å²) in [5.41, 5.74) is 0.941. The Hall–Kier alpha value is -2.54. The first-order valence-electron chi connectivity index (χ1n) is 8.11. The van der Waals surface area contributed by atoms with Gasteiger partial charge in [-0.15, -0.1) is 6.58 Å². The van der Waals surface area contributed by atoms with Crippen molar-refractivity contribution in [1.29, 1.82) is 0 Å². The van der Waals surface area contributed by atoms with E-state index in [1.165, 1.54) is 12.0 Å². The number of hydrogen-bond acceptors (Lipinski definition) is 5. The molecule has 25 heavy (non-hydrogen) atoms. The maximum Gasteiger partial charge on any atom is 0.407 e. The Balaban J connectivity index is 2.40. The number of benzene rings is 1. The SMILES string of the molecule is C=CCCOc1cc(C(=O)OC)ccc1[C@@H]1CC(O)CCN1C(=O)O. The van der Waals surface area contributed by atoms with Gasteiger partial charge >= 0.3 is 12.1 Å². The Morgan fingerprint density at radius 2 is 2.20 bits per heavy atom. The first kappa shape index (κ1) is 18.8. The molecule has 1 saturated heterocycles. The van der Waals surface area contributed by atoms with Crippen LogP contribution in [0, 0.1) is 0 Å². The molecule has 1 heterocycles. The summed E-state index contributed by atoms with van der Waals surface area (Å²) in [5, 5.41) is 19.4. The number of nitrogens with zero attached hydrogens (tertiary/aromatic N) is 1. The van der Waals surface area contributed by atoms with Crippen molar-refractivity contribution < 1.29 is 29.3 Å². The maximum absolute atomic E-state index is 11.8. The summed E-state index contributed by atoms with van der Waals surface area (Å²) in [6.45, 7) is 4.23. The highest BCUT2D eigenvalue weighted by Crippen LogP contribution is 2.37. The molecule has 0 spiro atoms. The third-order valence-corrected chi connectivity index (χ3v) is 4.19. The normalized spacial score (nSPS) is 20.0. The zero-order chi connectivity index (χ0) is 18.4. The smallest absolute Gasteiger partial charge is 0.407 e. The minimum Gasteiger partial charge on any atom is -0.493 e. The molecule has 2 N–H and O–H groups in total. The van der Waals surface area contributed by atoms with Crippen LogP contribution >= 0.6 is 0 Å². The largest absolute Gasteiger partial charge is 0.493 e. The van der Waals surface area contributed by atoms with Crippen molar-refractivity contribution in [1.82, 2.24) is 4.90 Å². The lowest BCUT2D eigenvalue weighted by Crippen LogP contribution is -2.42. The van der Waals surface area contributed by atoms with Crippen molar-refractivity contribution in [3.63, 3.8) is 0 Å². The number of rotatable bonds is 6. The van der Waals surface area contributed by atoms with Gasteiger partial charge in [-0.05, 0) is 31.4 Å². The van der Waals surface area contributed by atoms with E-state index in [4.69, 9.17) is 9.47 Å². The standard InChI is InChI=1S/C18H23NO6/c1-3-4-9-25-16-10-12(17(21)24-2)5-6-14(16)15-11-13(20)7-8-19(15)18(22)23/h3,5-6,10,13,15,20H,1,4,7-9,11H2,2H3,(H,22,23)/t13?,15-/m0/s1. The van der Waals surface area contributed by atoms with Crippen LogP contribution in [0.25, 0.3) is 0 Å². The van der Waals surface area contributed by atoms with Gasteiger partial charge in [-0.25, -0.2) is 9.59 Å². The lowest BCUT2D eigenvalue weighted by atomic mass is 9.92. The van der Waals surface area contributed by atoms with E-state index in [1.54, 1.807) is 24.3 Å². The molecule has 1 aromatic carbocycles. The molecule has 0 saturated carbocycles. The summed E-state index contributed by atoms with van der Waals surface area (Å²) in [4.78, 5) is 24.6. The van der Waals surface area contributed by atoms with Crippen LogP contribution in [0.2, 0.25) is 0 Å². The zero-order valence-corrected chi connectivity index (χ0v) is 14.2. The highest BCUT2D eigenvalue weighted by atomic mass is 16.5. The van der Waals surface area contributed by atoms with Crippen LogP contribution in [-0.2, 0) is 4.74 Å². The molecule has 1 fully saturated rings. The first-order chi connectivity index (χ1) is 12.0. The molecule has 7 heteroatoms. The molecule has 1 aliphatic heterocycles. The van der Waals surface area contributed by atoms with Crippen LogP contribution in [-0.4, -0.2) is 53.5 Å². The lowest BCUT2D eigenvalue weighted by molar-refractivity contribution is 0.0414. The Morgan fingerprint density at radius 3 is 2.84 bits per heavy atom. The topological polar surface area (TPSA) is 96.3 Å². The summed E-state index contributed by atoms with van der Waals surface area (Å²) in [7, 11) is 1.29. The van der Waals surface area contributed by atoms with E-state index in [-0.39, 0.29) is 13.0 Å². The van der Waals surface area contributed by atoms with Crippen LogP contribution in [0.1, 0.15) is 41.2 Å². The van der Waals surface area contributed by atoms with Gasteiger partial charge in [-0.3, -0.25) is 0 Å². The Bertz CT molecular complexity index is 644. The fourth-order valence-corrected chi connectivity index (χ4v) is 2.90. The van der Waals surface area contributed by atoms with Crippen molar-refractivity contribution in [3.8, 4) is 5.75 Å². The number of aliphatic hydroxyl groups excluding tert-OH is 1. The molecule has 0 radical (unpaired) electrons. The van der Waals surface area contributed by atoms with Crippen LogP contribution in [0.3, 0.4) is 0 Å². The number of ether oxygens (including phenoxy) is 2. The van der Waals surface area contributed by atoms with E-state index in [9.17, 15) is 19.8 Å². The van der Waals surface area contributed by atoms with E-state index >= 15 is 0 Å². The number of hydrogen-bond donors (Lipinski definition) is 2. The molecule has 0 aromatic heterocycles. The third-order valence-electron chi connectivity index (χ3n) is 4.19. The highest BCUT2D eigenvalue weighted by Gasteiger charge is 2.33. The predicted octanol–water partition coefficient (Wildman–Crippen LogP) is 2.60. The van der Waals surface area contributed by atoms with Gasteiger partial charge in [0.2, 0.25) is 0 Å². The number of amides is 1. The van der Waals surface area contributed by atoms with Gasteiger partial charge < -0.3 is 24.6 Å². The van der Waals surface area contributed by atoms with E-state index < -0.39 is 24.2 Å². The number of carbonyl (C=O) groups excluding carboxylic acids is 1. The van der Waals surface area contributed by atoms with Crippen molar-refractivity contribution >= 4 is 12.1 Å². The van der Waals surface area contributed by atoms with Gasteiger partial charge in [0.15, 0.2) is 0 Å². The van der Waals surface area contributed by atoms with Gasteiger partial charge in [0.05, 0.1) is 31.4 Å². The number of carbonyl (C=O) groups is 2. The van der Waals surface area contributed by atoms with Crippen LogP contribution < -0.4 is 4.74 Å². The monoisotopic (exact) mass is 349 g/mol. The summed E-state index contributed by atoms with van der Waals surface area (Å²) in [6, 6.07) is 4.24. The van der Waals surface area contributed by atoms with Gasteiger partial charge in [0, 0.05) is 12.1 Å². The molecule has 136 valence electrons. The van der Waals surface area contributed by atoms with E-state index in [1.807, 2.05) is 0 Å². The van der Waals surface area contributed by atoms with Gasteiger partial charge in [-0.2, -0.15) is 0 Å². The molecule has 2 atom stereocenters. The average molecular weight is 349 g/mol. The Morgan fingerprint density at radius 1 is 1.44 bits per heavy atom. The molecule has 1 amide bonds. The van der Waals surface area contributed by atoms with Crippen molar-refractivity contribution in [2.75, 3.05) is 20.3 Å². The number of aliphatic hydroxyl groups is 1. The molecular formula is C18H23NO6. The number of piperidine rings is 1. The minimum atomic E-state index is -1.05. The third kappa shape index (κ3) is 4.51. The number of esters is 1. The molecular weight excluding hydrogens is 326 g/mol. The number of methoxy groups -OCH3 is 1. The molecule has 1 unspecified atom stereocenters. The van der Waals surface area contributed by atoms with Crippen LogP contribution in [0.4, 0.5) is 4.79 Å². The van der Waals surface area contributed by atoms with Crippen molar-refractivity contribution in [2.45, 2.75) is 31.4 Å². The maximum atomic E-state index is 11.8. The summed E-state index contributed by atoms with van der Waals surface area (Å²) in [6.07, 6.45) is 1.36. The van der Waals surface area contributed by atoms with Crippen molar-refractivity contribution in [2.24, 2.45) is 0 Å². The second kappa shape index (κ2) is 8.53. The summed E-state index contributed by atoms with van der Waals surface area (Å²) >= 11 is 0. The quantitative estimate of drug-likeness (QED) is 0.465. The Labute approximate surface area is 146 Å². The van der Waals surface area contributed by atoms with Gasteiger partial charge in [0.25, 0.3) is 0 Å². The number of likely N-dealkylation sites (tertiary alicyclic amines) is 1.